The second kappa shape index (κ2) is 11.1. The van der Waals surface area contributed by atoms with Crippen molar-refractivity contribution in [2.45, 2.75) is 96.5 Å². The first kappa shape index (κ1) is 25.8. The smallest absolute Gasteiger partial charge is 0.126 e. The van der Waals surface area contributed by atoms with Crippen LogP contribution >= 0.6 is 0 Å². The number of rotatable bonds is 9. The summed E-state index contributed by atoms with van der Waals surface area (Å²) in [5, 5.41) is 21.2. The zero-order valence-electron chi connectivity index (χ0n) is 21.3. The van der Waals surface area contributed by atoms with Crippen molar-refractivity contribution in [3.05, 3.63) is 41.5 Å². The van der Waals surface area contributed by atoms with Crippen molar-refractivity contribution in [1.82, 2.24) is 4.90 Å². The molecular weight excluding hydrogens is 410 g/mol. The van der Waals surface area contributed by atoms with Gasteiger partial charge in [0.15, 0.2) is 0 Å². The second-order valence-electron chi connectivity index (χ2n) is 10.9. The molecule has 3 rings (SSSR count). The molecule has 1 fully saturated rings. The molecule has 1 aliphatic heterocycles. The van der Waals surface area contributed by atoms with Crippen LogP contribution in [-0.2, 0) is 6.42 Å². The van der Waals surface area contributed by atoms with E-state index in [1.165, 1.54) is 11.1 Å². The average Bonchev–Trinajstić information content (AvgIpc) is 3.27. The molecule has 1 aliphatic carbocycles. The van der Waals surface area contributed by atoms with Crippen LogP contribution in [0.3, 0.4) is 0 Å². The zero-order valence-corrected chi connectivity index (χ0v) is 21.3. The molecule has 6 atom stereocenters. The molecule has 4 nitrogen and oxygen atoms in total. The van der Waals surface area contributed by atoms with Crippen LogP contribution < -0.4 is 4.74 Å². The van der Waals surface area contributed by atoms with E-state index in [4.69, 9.17) is 4.74 Å². The van der Waals surface area contributed by atoms with Gasteiger partial charge in [0, 0.05) is 35.8 Å². The van der Waals surface area contributed by atoms with Crippen molar-refractivity contribution in [2.75, 3.05) is 13.6 Å². The van der Waals surface area contributed by atoms with Gasteiger partial charge in [-0.05, 0) is 72.0 Å². The standard InChI is InChI=1S/C29H43NO3/c1-7-8-12-20(2)24(31)17-16-22-25(32)19-26-27(22)23-15-11-14-21(28(23)33-26)13-9-10-18-30(6)29(3,4)5/h11,14-17,20,22,24-27,31-32H,9-10,12-13,18-19H2,1-6H3/b17-16+/t20-,22+,24-,25-,26+,27+/m1/s1. The molecule has 33 heavy (non-hydrogen) atoms. The molecule has 1 aromatic carbocycles. The van der Waals surface area contributed by atoms with Crippen molar-refractivity contribution >= 4 is 0 Å². The Morgan fingerprint density at radius 2 is 2.03 bits per heavy atom. The van der Waals surface area contributed by atoms with E-state index < -0.39 is 12.2 Å². The van der Waals surface area contributed by atoms with Crippen LogP contribution in [0.4, 0.5) is 0 Å². The topological polar surface area (TPSA) is 52.9 Å². The van der Waals surface area contributed by atoms with Gasteiger partial charge in [0.25, 0.3) is 0 Å². The largest absolute Gasteiger partial charge is 0.489 e. The van der Waals surface area contributed by atoms with Crippen LogP contribution in [0.2, 0.25) is 0 Å². The lowest BCUT2D eigenvalue weighted by Crippen LogP contribution is -2.38. The summed E-state index contributed by atoms with van der Waals surface area (Å²) in [5.41, 5.74) is 2.70. The van der Waals surface area contributed by atoms with Gasteiger partial charge in [0.1, 0.15) is 11.9 Å². The van der Waals surface area contributed by atoms with E-state index in [1.54, 1.807) is 0 Å². The summed E-state index contributed by atoms with van der Waals surface area (Å²) in [6, 6.07) is 6.48. The Kier molecular flexibility index (Phi) is 8.67. The molecule has 1 heterocycles. The number of hydrogen-bond donors (Lipinski definition) is 2. The molecule has 0 amide bonds. The monoisotopic (exact) mass is 453 g/mol. The highest BCUT2D eigenvalue weighted by molar-refractivity contribution is 5.49. The maximum Gasteiger partial charge on any atom is 0.126 e. The van der Waals surface area contributed by atoms with E-state index in [9.17, 15) is 10.2 Å². The van der Waals surface area contributed by atoms with Gasteiger partial charge in [0.2, 0.25) is 0 Å². The molecule has 1 saturated carbocycles. The number of aliphatic hydroxyl groups excluding tert-OH is 2. The highest BCUT2D eigenvalue weighted by Gasteiger charge is 2.48. The Morgan fingerprint density at radius 1 is 1.27 bits per heavy atom. The Labute approximate surface area is 201 Å². The van der Waals surface area contributed by atoms with Gasteiger partial charge in [-0.3, -0.25) is 0 Å². The van der Waals surface area contributed by atoms with Gasteiger partial charge in [-0.15, -0.1) is 11.8 Å². The molecule has 182 valence electrons. The number of benzene rings is 1. The first-order valence-electron chi connectivity index (χ1n) is 12.6. The number of hydrogen-bond acceptors (Lipinski definition) is 4. The number of para-hydroxylation sites is 1. The number of unbranched alkanes of at least 4 members (excludes halogenated alkanes) is 1. The van der Waals surface area contributed by atoms with E-state index in [-0.39, 0.29) is 29.4 Å². The molecule has 0 saturated heterocycles. The van der Waals surface area contributed by atoms with Crippen LogP contribution in [0, 0.1) is 23.7 Å². The molecular formula is C29H43NO3. The van der Waals surface area contributed by atoms with Gasteiger partial charge in [-0.1, -0.05) is 37.3 Å². The van der Waals surface area contributed by atoms with Crippen molar-refractivity contribution in [3.8, 4) is 17.6 Å². The average molecular weight is 454 g/mol. The van der Waals surface area contributed by atoms with Gasteiger partial charge < -0.3 is 19.8 Å². The fraction of sp³-hybridized carbons (Fsp3) is 0.655. The quantitative estimate of drug-likeness (QED) is 0.316. The summed E-state index contributed by atoms with van der Waals surface area (Å²) in [6.07, 6.45) is 7.49. The van der Waals surface area contributed by atoms with E-state index in [1.807, 2.05) is 26.0 Å². The maximum atomic E-state index is 10.7. The lowest BCUT2D eigenvalue weighted by atomic mass is 9.86. The normalized spacial score (nSPS) is 26.0. The van der Waals surface area contributed by atoms with Crippen LogP contribution in [-0.4, -0.2) is 52.6 Å². The van der Waals surface area contributed by atoms with Gasteiger partial charge in [0.05, 0.1) is 12.2 Å². The highest BCUT2D eigenvalue weighted by atomic mass is 16.5. The Hall–Kier alpha value is -1.80. The van der Waals surface area contributed by atoms with Crippen molar-refractivity contribution in [3.63, 3.8) is 0 Å². The molecule has 0 spiro atoms. The molecule has 0 bridgehead atoms. The third kappa shape index (κ3) is 6.21. The van der Waals surface area contributed by atoms with E-state index in [2.05, 4.69) is 62.8 Å². The van der Waals surface area contributed by atoms with Crippen molar-refractivity contribution in [2.24, 2.45) is 11.8 Å². The van der Waals surface area contributed by atoms with E-state index in [0.29, 0.717) is 12.8 Å². The van der Waals surface area contributed by atoms with Crippen molar-refractivity contribution in [1.29, 1.82) is 0 Å². The minimum atomic E-state index is -0.559. The minimum absolute atomic E-state index is 0.0124. The number of fused-ring (bicyclic) bond motifs is 3. The van der Waals surface area contributed by atoms with Gasteiger partial charge in [-0.2, -0.15) is 0 Å². The fourth-order valence-corrected chi connectivity index (χ4v) is 4.98. The molecule has 0 radical (unpaired) electrons. The SMILES string of the molecule is CC#CC[C@@H](C)[C@H](O)/C=C/[C@@H]1[C@H]2c3cccc(CCCCN(C)C(C)(C)C)c3O[C@H]2C[C@H]1O. The Morgan fingerprint density at radius 3 is 2.73 bits per heavy atom. The van der Waals surface area contributed by atoms with Crippen LogP contribution in [0.25, 0.3) is 0 Å². The molecule has 0 unspecified atom stereocenters. The minimum Gasteiger partial charge on any atom is -0.489 e. The number of ether oxygens (including phenoxy) is 1. The van der Waals surface area contributed by atoms with E-state index >= 15 is 0 Å². The molecule has 4 heteroatoms. The summed E-state index contributed by atoms with van der Waals surface area (Å²) in [6.45, 7) is 11.7. The number of aliphatic hydroxyl groups is 2. The van der Waals surface area contributed by atoms with Crippen LogP contribution in [0.15, 0.2) is 30.4 Å². The lowest BCUT2D eigenvalue weighted by Gasteiger charge is -2.31. The van der Waals surface area contributed by atoms with Gasteiger partial charge >= 0.3 is 0 Å². The summed E-state index contributed by atoms with van der Waals surface area (Å²) < 4.78 is 6.42. The van der Waals surface area contributed by atoms with E-state index in [0.717, 1.165) is 31.6 Å². The predicted octanol–water partition coefficient (Wildman–Crippen LogP) is 4.93. The molecule has 2 aliphatic rings. The zero-order chi connectivity index (χ0) is 24.2. The highest BCUT2D eigenvalue weighted by Crippen LogP contribution is 2.52. The van der Waals surface area contributed by atoms with Gasteiger partial charge in [-0.25, -0.2) is 0 Å². The summed E-state index contributed by atoms with van der Waals surface area (Å²) in [5.74, 6) is 7.15. The summed E-state index contributed by atoms with van der Waals surface area (Å²) >= 11 is 0. The van der Waals surface area contributed by atoms with Crippen LogP contribution in [0.1, 0.15) is 77.3 Å². The number of nitrogens with zero attached hydrogens (tertiary/aromatic N) is 1. The summed E-state index contributed by atoms with van der Waals surface area (Å²) in [4.78, 5) is 2.41. The summed E-state index contributed by atoms with van der Waals surface area (Å²) in [7, 11) is 2.19. The first-order valence-corrected chi connectivity index (χ1v) is 12.6. The third-order valence-electron chi connectivity index (χ3n) is 7.54. The Balaban J connectivity index is 1.66. The lowest BCUT2D eigenvalue weighted by molar-refractivity contribution is 0.134. The molecule has 1 aromatic rings. The maximum absolute atomic E-state index is 10.7. The molecule has 2 N–H and O–H groups in total. The van der Waals surface area contributed by atoms with Crippen molar-refractivity contribution < 1.29 is 14.9 Å². The predicted molar refractivity (Wildman–Crippen MR) is 135 cm³/mol. The second-order valence-corrected chi connectivity index (χ2v) is 10.9. The third-order valence-corrected chi connectivity index (χ3v) is 7.54. The fourth-order valence-electron chi connectivity index (χ4n) is 4.98. The van der Waals surface area contributed by atoms with Crippen LogP contribution in [0.5, 0.6) is 5.75 Å². The number of aryl methyl sites for hydroxylation is 1. The Bertz CT molecular complexity index is 875. The molecule has 0 aromatic heterocycles. The first-order chi connectivity index (χ1) is 15.6.